The smallest absolute Gasteiger partial charge is 0.265 e. The Morgan fingerprint density at radius 2 is 1.61 bits per heavy atom. The number of anilines is 2. The molecule has 0 spiro atoms. The highest BCUT2D eigenvalue weighted by atomic mass is 19.1. The van der Waals surface area contributed by atoms with Crippen molar-refractivity contribution in [2.24, 2.45) is 0 Å². The molecule has 6 nitrogen and oxygen atoms in total. The Morgan fingerprint density at radius 3 is 2.17 bits per heavy atom. The minimum absolute atomic E-state index is 0.00584. The molecule has 0 bridgehead atoms. The van der Waals surface area contributed by atoms with Crippen LogP contribution in [0.25, 0.3) is 0 Å². The largest absolute Gasteiger partial charge is 0.506 e. The summed E-state index contributed by atoms with van der Waals surface area (Å²) in [4.78, 5) is 25.1. The van der Waals surface area contributed by atoms with Crippen molar-refractivity contribution in [3.63, 3.8) is 0 Å². The number of amides is 2. The van der Waals surface area contributed by atoms with Crippen molar-refractivity contribution in [1.82, 2.24) is 0 Å². The Balaban J connectivity index is 2.38. The number of hydrogen-bond donors (Lipinski definition) is 3. The molecule has 2 amide bonds. The lowest BCUT2D eigenvalue weighted by Gasteiger charge is -2.31. The fourth-order valence-electron chi connectivity index (χ4n) is 3.66. The summed E-state index contributed by atoms with van der Waals surface area (Å²) >= 11 is 0. The molecule has 2 unspecified atom stereocenters. The van der Waals surface area contributed by atoms with Gasteiger partial charge in [0.2, 0.25) is 0 Å². The number of aromatic hydroxyl groups is 1. The van der Waals surface area contributed by atoms with Gasteiger partial charge in [-0.05, 0) is 60.8 Å². The summed E-state index contributed by atoms with van der Waals surface area (Å²) in [6.07, 6.45) is -0.333. The Kier molecular flexibility index (Phi) is 9.52. The van der Waals surface area contributed by atoms with Crippen molar-refractivity contribution < 1.29 is 23.8 Å². The number of nitrogens with one attached hydrogen (secondary N) is 2. The highest BCUT2D eigenvalue weighted by Gasteiger charge is 2.29. The number of carbonyl (C=O) groups excluding carboxylic acids is 2. The highest BCUT2D eigenvalue weighted by Crippen LogP contribution is 2.39. The molecule has 198 valence electrons. The maximum Gasteiger partial charge on any atom is 0.265 e. The first-order valence-electron chi connectivity index (χ1n) is 12.7. The first kappa shape index (κ1) is 29.1. The topological polar surface area (TPSA) is 87.7 Å². The molecule has 3 N–H and O–H groups in total. The minimum Gasteiger partial charge on any atom is -0.506 e. The van der Waals surface area contributed by atoms with Crippen molar-refractivity contribution in [3.8, 4) is 11.5 Å². The van der Waals surface area contributed by atoms with Crippen LogP contribution in [-0.2, 0) is 20.4 Å². The third-order valence-corrected chi connectivity index (χ3v) is 7.10. The van der Waals surface area contributed by atoms with E-state index in [9.17, 15) is 19.1 Å². The van der Waals surface area contributed by atoms with Gasteiger partial charge >= 0.3 is 0 Å². The summed E-state index contributed by atoms with van der Waals surface area (Å²) in [6.45, 7) is 16.0. The van der Waals surface area contributed by atoms with Gasteiger partial charge in [0.1, 0.15) is 17.2 Å². The number of phenolic OH excluding ortho intramolecular Hbond substituents is 1. The number of hydrogen-bond acceptors (Lipinski definition) is 4. The third kappa shape index (κ3) is 6.77. The Labute approximate surface area is 214 Å². The van der Waals surface area contributed by atoms with Crippen LogP contribution in [-0.4, -0.2) is 29.2 Å². The van der Waals surface area contributed by atoms with Crippen LogP contribution in [0.1, 0.15) is 85.8 Å². The number of benzene rings is 2. The quantitative estimate of drug-likeness (QED) is 0.294. The van der Waals surface area contributed by atoms with Crippen molar-refractivity contribution >= 4 is 23.2 Å². The molecule has 0 aliphatic carbocycles. The van der Waals surface area contributed by atoms with Crippen molar-refractivity contribution in [2.45, 2.75) is 97.8 Å². The predicted octanol–water partition coefficient (Wildman–Crippen LogP) is 6.86. The molecular formula is C29H41FN2O4. The van der Waals surface area contributed by atoms with E-state index in [0.717, 1.165) is 25.3 Å². The summed E-state index contributed by atoms with van der Waals surface area (Å²) < 4.78 is 19.7. The monoisotopic (exact) mass is 500 g/mol. The van der Waals surface area contributed by atoms with E-state index in [1.54, 1.807) is 0 Å². The number of phenols is 1. The second kappa shape index (κ2) is 11.8. The fourth-order valence-corrected chi connectivity index (χ4v) is 3.66. The van der Waals surface area contributed by atoms with Gasteiger partial charge in [-0.3, -0.25) is 9.59 Å². The molecular weight excluding hydrogens is 459 g/mol. The van der Waals surface area contributed by atoms with E-state index in [0.29, 0.717) is 12.2 Å². The summed E-state index contributed by atoms with van der Waals surface area (Å²) in [5.74, 6) is -0.992. The number of para-hydroxylation sites is 1. The van der Waals surface area contributed by atoms with E-state index >= 15 is 0 Å². The molecule has 0 aliphatic heterocycles. The first-order chi connectivity index (χ1) is 16.8. The number of carbonyl (C=O) groups is 2. The molecule has 2 aromatic carbocycles. The lowest BCUT2D eigenvalue weighted by Crippen LogP contribution is -2.34. The summed E-state index contributed by atoms with van der Waals surface area (Å²) in [5.41, 5.74) is 2.19. The van der Waals surface area contributed by atoms with Gasteiger partial charge in [0.05, 0.1) is 5.69 Å². The maximum absolute atomic E-state index is 13.4. The van der Waals surface area contributed by atoms with Gasteiger partial charge in [0.15, 0.2) is 12.3 Å². The summed E-state index contributed by atoms with van der Waals surface area (Å²) in [7, 11) is 0. The van der Waals surface area contributed by atoms with E-state index in [1.807, 2.05) is 13.0 Å². The average Bonchev–Trinajstić information content (AvgIpc) is 2.84. The zero-order valence-electron chi connectivity index (χ0n) is 22.8. The van der Waals surface area contributed by atoms with Crippen molar-refractivity contribution in [2.75, 3.05) is 10.6 Å². The number of ether oxygens (including phenoxy) is 1. The molecule has 2 rings (SSSR count). The Morgan fingerprint density at radius 1 is 0.972 bits per heavy atom. The predicted molar refractivity (Wildman–Crippen MR) is 144 cm³/mol. The van der Waals surface area contributed by atoms with E-state index in [4.69, 9.17) is 4.74 Å². The van der Waals surface area contributed by atoms with Gasteiger partial charge in [-0.15, -0.1) is 0 Å². The van der Waals surface area contributed by atoms with Crippen LogP contribution in [0.2, 0.25) is 0 Å². The normalized spacial score (nSPS) is 13.6. The summed E-state index contributed by atoms with van der Waals surface area (Å²) in [6, 6.07) is 10.6. The van der Waals surface area contributed by atoms with Crippen LogP contribution in [0.4, 0.5) is 15.8 Å². The van der Waals surface area contributed by atoms with E-state index in [-0.39, 0.29) is 28.0 Å². The molecule has 0 fully saturated rings. The van der Waals surface area contributed by atoms with Crippen LogP contribution < -0.4 is 15.4 Å². The van der Waals surface area contributed by atoms with Crippen molar-refractivity contribution in [3.05, 3.63) is 47.5 Å². The van der Waals surface area contributed by atoms with E-state index in [1.165, 1.54) is 23.8 Å². The van der Waals surface area contributed by atoms with Gasteiger partial charge < -0.3 is 20.5 Å². The number of alkyl halides is 1. The van der Waals surface area contributed by atoms with Crippen LogP contribution in [0.5, 0.6) is 11.5 Å². The van der Waals surface area contributed by atoms with Crippen LogP contribution in [0.3, 0.4) is 0 Å². The van der Waals surface area contributed by atoms with Crippen molar-refractivity contribution in [1.29, 1.82) is 0 Å². The molecule has 2 atom stereocenters. The molecule has 0 radical (unpaired) electrons. The first-order valence-corrected chi connectivity index (χ1v) is 12.7. The Hall–Kier alpha value is -3.09. The Bertz CT molecular complexity index is 1080. The molecule has 0 saturated heterocycles. The van der Waals surface area contributed by atoms with E-state index < -0.39 is 24.1 Å². The van der Waals surface area contributed by atoms with Gasteiger partial charge in [-0.25, -0.2) is 4.39 Å². The molecule has 2 aromatic rings. The average molecular weight is 501 g/mol. The lowest BCUT2D eigenvalue weighted by atomic mass is 9.76. The standard InChI is InChI=1S/C29H41FN2O4/c1-9-23(27(35)31-21-13-12-14-22(33)25(21)32-26(34)18(4)30)36-24-16-15-19(28(5,6)10-2)17-20(24)29(7,8)11-3/h12-18,23,33H,9-11H2,1-8H3,(H,31,35)(H,32,34). The fraction of sp³-hybridized carbons (Fsp3) is 0.517. The van der Waals surface area contributed by atoms with Crippen LogP contribution in [0, 0.1) is 0 Å². The molecule has 0 aromatic heterocycles. The second-order valence-corrected chi connectivity index (χ2v) is 10.5. The van der Waals surface area contributed by atoms with Gasteiger partial charge in [-0.2, -0.15) is 0 Å². The minimum atomic E-state index is -1.78. The molecule has 7 heteroatoms. The second-order valence-electron chi connectivity index (χ2n) is 10.5. The van der Waals surface area contributed by atoms with Gasteiger partial charge in [0.25, 0.3) is 11.8 Å². The maximum atomic E-state index is 13.4. The zero-order chi connectivity index (χ0) is 27.3. The molecule has 0 heterocycles. The summed E-state index contributed by atoms with van der Waals surface area (Å²) in [5, 5.41) is 15.3. The zero-order valence-corrected chi connectivity index (χ0v) is 22.8. The van der Waals surface area contributed by atoms with Gasteiger partial charge in [-0.1, -0.05) is 66.7 Å². The number of rotatable bonds is 11. The molecule has 0 aliphatic rings. The number of halogens is 1. The van der Waals surface area contributed by atoms with Gasteiger partial charge in [0, 0.05) is 5.56 Å². The lowest BCUT2D eigenvalue weighted by molar-refractivity contribution is -0.123. The molecule has 36 heavy (non-hydrogen) atoms. The highest BCUT2D eigenvalue weighted by molar-refractivity contribution is 6.03. The third-order valence-electron chi connectivity index (χ3n) is 7.10. The van der Waals surface area contributed by atoms with Crippen LogP contribution in [0.15, 0.2) is 36.4 Å². The van der Waals surface area contributed by atoms with Crippen LogP contribution >= 0.6 is 0 Å². The SMILES string of the molecule is CCC(Oc1ccc(C(C)(C)CC)cc1C(C)(C)CC)C(=O)Nc1cccc(O)c1NC(=O)C(C)F. The molecule has 0 saturated carbocycles. The van der Waals surface area contributed by atoms with E-state index in [2.05, 4.69) is 64.3 Å².